The maximum absolute atomic E-state index is 14.0. The largest absolute Gasteiger partial charge is 0.444 e. The van der Waals surface area contributed by atoms with Crippen molar-refractivity contribution in [1.29, 1.82) is 0 Å². The quantitative estimate of drug-likeness (QED) is 0.147. The van der Waals surface area contributed by atoms with E-state index in [9.17, 15) is 14.4 Å². The summed E-state index contributed by atoms with van der Waals surface area (Å²) in [7, 11) is 0. The summed E-state index contributed by atoms with van der Waals surface area (Å²) < 4.78 is 5.40. The number of alkyl carbamates (subject to hydrolysis) is 1. The van der Waals surface area contributed by atoms with E-state index in [2.05, 4.69) is 44.0 Å². The number of carbonyl (C=O) groups is 3. The molecule has 3 amide bonds. The van der Waals surface area contributed by atoms with Crippen LogP contribution in [0, 0.1) is 0 Å². The van der Waals surface area contributed by atoms with E-state index in [4.69, 9.17) is 4.74 Å². The summed E-state index contributed by atoms with van der Waals surface area (Å²) >= 11 is 4.38. The predicted molar refractivity (Wildman–Crippen MR) is 163 cm³/mol. The first-order valence-electron chi connectivity index (χ1n) is 14.8. The molecule has 0 saturated heterocycles. The average Bonchev–Trinajstić information content (AvgIpc) is 2.87. The van der Waals surface area contributed by atoms with Gasteiger partial charge in [0.2, 0.25) is 11.8 Å². The normalized spacial score (nSPS) is 13.7. The van der Waals surface area contributed by atoms with Crippen molar-refractivity contribution in [1.82, 2.24) is 15.5 Å². The maximum atomic E-state index is 14.0. The monoisotopic (exact) mass is 563 g/mol. The molecule has 0 aliphatic carbocycles. The first kappa shape index (κ1) is 34.8. The highest BCUT2D eigenvalue weighted by Gasteiger charge is 2.36. The number of thiol groups is 1. The lowest BCUT2D eigenvalue weighted by Crippen LogP contribution is -2.54. The molecule has 1 aromatic rings. The van der Waals surface area contributed by atoms with Crippen LogP contribution in [0.3, 0.4) is 0 Å². The van der Waals surface area contributed by atoms with Gasteiger partial charge in [0.15, 0.2) is 0 Å². The fourth-order valence-electron chi connectivity index (χ4n) is 4.50. The van der Waals surface area contributed by atoms with E-state index in [-0.39, 0.29) is 23.6 Å². The van der Waals surface area contributed by atoms with Gasteiger partial charge in [0, 0.05) is 18.3 Å². The molecular formula is C31H53N3O4S. The summed E-state index contributed by atoms with van der Waals surface area (Å²) in [4.78, 5) is 42.0. The zero-order chi connectivity index (χ0) is 29.4. The molecule has 1 rings (SSSR count). The molecule has 8 heteroatoms. The van der Waals surface area contributed by atoms with Gasteiger partial charge in [-0.1, -0.05) is 83.6 Å². The number of hydrogen-bond acceptors (Lipinski definition) is 5. The smallest absolute Gasteiger partial charge is 0.408 e. The fourth-order valence-corrected chi connectivity index (χ4v) is 4.75. The number of unbranched alkanes of at least 4 members (excludes halogenated alkanes) is 5. The Kier molecular flexibility index (Phi) is 16.2. The van der Waals surface area contributed by atoms with Crippen molar-refractivity contribution >= 4 is 30.5 Å². The lowest BCUT2D eigenvalue weighted by Gasteiger charge is -2.35. The van der Waals surface area contributed by atoms with Crippen molar-refractivity contribution in [3.8, 4) is 0 Å². The molecule has 0 radical (unpaired) electrons. The molecule has 3 atom stereocenters. The number of hydrogen-bond donors (Lipinski definition) is 3. The van der Waals surface area contributed by atoms with Crippen molar-refractivity contribution in [2.75, 3.05) is 12.3 Å². The number of nitrogens with one attached hydrogen (secondary N) is 2. The molecule has 0 spiro atoms. The Morgan fingerprint density at radius 2 is 1.54 bits per heavy atom. The van der Waals surface area contributed by atoms with Gasteiger partial charge in [-0.25, -0.2) is 4.79 Å². The molecule has 3 unspecified atom stereocenters. The zero-order valence-electron chi connectivity index (χ0n) is 25.3. The van der Waals surface area contributed by atoms with E-state index >= 15 is 0 Å². The van der Waals surface area contributed by atoms with Crippen LogP contribution in [-0.2, 0) is 20.7 Å². The van der Waals surface area contributed by atoms with Crippen molar-refractivity contribution in [3.63, 3.8) is 0 Å². The standard InChI is InChI=1S/C31H53N3O4S/c1-8-11-12-13-14-15-21-34(29(36)26(22-39)33-30(37)38-31(5,6)7)27(28(35)32-23(4)16-9-2)25-19-17-24(10-3)18-20-25/h17-20,23,26-27,39H,8-16,21-22H2,1-7H3,(H,32,35)(H,33,37). The Bertz CT molecular complexity index is 870. The topological polar surface area (TPSA) is 87.7 Å². The fraction of sp³-hybridized carbons (Fsp3) is 0.710. The van der Waals surface area contributed by atoms with E-state index in [0.717, 1.165) is 62.5 Å². The third-order valence-electron chi connectivity index (χ3n) is 6.58. The van der Waals surface area contributed by atoms with E-state index in [1.54, 1.807) is 25.7 Å². The number of ether oxygens (including phenoxy) is 1. The van der Waals surface area contributed by atoms with Crippen LogP contribution >= 0.6 is 12.6 Å². The summed E-state index contributed by atoms with van der Waals surface area (Å²) in [6, 6.07) is 6.12. The summed E-state index contributed by atoms with van der Waals surface area (Å²) in [5.74, 6) is -0.470. The number of benzene rings is 1. The van der Waals surface area contributed by atoms with E-state index in [0.29, 0.717) is 6.54 Å². The van der Waals surface area contributed by atoms with Crippen LogP contribution in [0.5, 0.6) is 0 Å². The van der Waals surface area contributed by atoms with Gasteiger partial charge in [-0.15, -0.1) is 0 Å². The molecule has 0 saturated carbocycles. The molecule has 39 heavy (non-hydrogen) atoms. The van der Waals surface area contributed by atoms with Crippen LogP contribution in [0.15, 0.2) is 24.3 Å². The molecule has 0 fully saturated rings. The van der Waals surface area contributed by atoms with Crippen molar-refractivity contribution < 1.29 is 19.1 Å². The Morgan fingerprint density at radius 1 is 0.923 bits per heavy atom. The number of nitrogens with zero attached hydrogens (tertiary/aromatic N) is 1. The van der Waals surface area contributed by atoms with Crippen LogP contribution in [0.25, 0.3) is 0 Å². The zero-order valence-corrected chi connectivity index (χ0v) is 26.2. The lowest BCUT2D eigenvalue weighted by molar-refractivity contribution is -0.142. The minimum Gasteiger partial charge on any atom is -0.444 e. The van der Waals surface area contributed by atoms with Crippen LogP contribution in [0.2, 0.25) is 0 Å². The molecule has 222 valence electrons. The van der Waals surface area contributed by atoms with Crippen molar-refractivity contribution in [2.24, 2.45) is 0 Å². The molecular weight excluding hydrogens is 510 g/mol. The van der Waals surface area contributed by atoms with Crippen LogP contribution in [0.4, 0.5) is 4.79 Å². The molecule has 0 heterocycles. The average molecular weight is 564 g/mol. The van der Waals surface area contributed by atoms with Gasteiger partial charge in [0.25, 0.3) is 0 Å². The predicted octanol–water partition coefficient (Wildman–Crippen LogP) is 6.61. The van der Waals surface area contributed by atoms with Crippen molar-refractivity contribution in [3.05, 3.63) is 35.4 Å². The Hall–Kier alpha value is -2.22. The van der Waals surface area contributed by atoms with Gasteiger partial charge in [0.1, 0.15) is 17.7 Å². The minimum atomic E-state index is -0.929. The van der Waals surface area contributed by atoms with Crippen LogP contribution < -0.4 is 10.6 Å². The summed E-state index contributed by atoms with van der Waals surface area (Å²) in [5, 5.41) is 5.81. The van der Waals surface area contributed by atoms with E-state index < -0.39 is 23.8 Å². The van der Waals surface area contributed by atoms with Gasteiger partial charge >= 0.3 is 6.09 Å². The maximum Gasteiger partial charge on any atom is 0.408 e. The molecule has 2 N–H and O–H groups in total. The summed E-state index contributed by atoms with van der Waals surface area (Å²) in [5.41, 5.74) is 1.21. The molecule has 0 aliphatic rings. The second-order valence-corrected chi connectivity index (χ2v) is 11.7. The number of aryl methyl sites for hydroxylation is 1. The second kappa shape index (κ2) is 18.2. The molecule has 0 aromatic heterocycles. The number of carbonyl (C=O) groups excluding carboxylic acids is 3. The van der Waals surface area contributed by atoms with Gasteiger partial charge in [-0.2, -0.15) is 12.6 Å². The van der Waals surface area contributed by atoms with Crippen LogP contribution in [-0.4, -0.2) is 52.8 Å². The second-order valence-electron chi connectivity index (χ2n) is 11.4. The van der Waals surface area contributed by atoms with Crippen molar-refractivity contribution in [2.45, 2.75) is 130 Å². The molecule has 7 nitrogen and oxygen atoms in total. The molecule has 0 aliphatic heterocycles. The van der Waals surface area contributed by atoms with Gasteiger partial charge in [-0.05, 0) is 58.1 Å². The summed E-state index contributed by atoms with van der Waals surface area (Å²) in [6.07, 6.45) is 8.30. The first-order chi connectivity index (χ1) is 18.5. The Labute approximate surface area is 242 Å². The SMILES string of the molecule is CCCCCCCCN(C(=O)C(CS)NC(=O)OC(C)(C)C)C(C(=O)NC(C)CCC)c1ccc(CC)cc1. The summed E-state index contributed by atoms with van der Waals surface area (Å²) in [6.45, 7) is 14.0. The number of amides is 3. The van der Waals surface area contributed by atoms with Crippen LogP contribution in [0.1, 0.15) is 117 Å². The molecule has 1 aromatic carbocycles. The van der Waals surface area contributed by atoms with E-state index in [1.165, 1.54) is 6.42 Å². The highest BCUT2D eigenvalue weighted by atomic mass is 32.1. The first-order valence-corrected chi connectivity index (χ1v) is 15.4. The third kappa shape index (κ3) is 13.1. The molecule has 0 bridgehead atoms. The van der Waals surface area contributed by atoms with Gasteiger partial charge in [0.05, 0.1) is 0 Å². The third-order valence-corrected chi connectivity index (χ3v) is 6.95. The highest BCUT2D eigenvalue weighted by Crippen LogP contribution is 2.25. The van der Waals surface area contributed by atoms with E-state index in [1.807, 2.05) is 31.2 Å². The minimum absolute atomic E-state index is 0.0218. The Morgan fingerprint density at radius 3 is 2.08 bits per heavy atom. The Balaban J connectivity index is 3.37. The van der Waals surface area contributed by atoms with Gasteiger partial charge in [-0.3, -0.25) is 9.59 Å². The number of rotatable bonds is 17. The highest BCUT2D eigenvalue weighted by molar-refractivity contribution is 7.80. The lowest BCUT2D eigenvalue weighted by atomic mass is 9.99. The van der Waals surface area contributed by atoms with Gasteiger partial charge < -0.3 is 20.3 Å².